The van der Waals surface area contributed by atoms with Gasteiger partial charge in [0.2, 0.25) is 0 Å². The van der Waals surface area contributed by atoms with E-state index in [2.05, 4.69) is 11.8 Å². The van der Waals surface area contributed by atoms with Crippen LogP contribution in [0.5, 0.6) is 0 Å². The highest BCUT2D eigenvalue weighted by Gasteiger charge is 2.22. The van der Waals surface area contributed by atoms with Gasteiger partial charge in [-0.2, -0.15) is 0 Å². The van der Waals surface area contributed by atoms with E-state index < -0.39 is 5.97 Å². The van der Waals surface area contributed by atoms with Crippen molar-refractivity contribution in [3.63, 3.8) is 0 Å². The van der Waals surface area contributed by atoms with E-state index in [0.717, 1.165) is 49.2 Å². The quantitative estimate of drug-likeness (QED) is 0.864. The van der Waals surface area contributed by atoms with Crippen LogP contribution in [0.4, 0.5) is 0 Å². The molecule has 1 aromatic rings. The molecule has 2 rings (SSSR count). The first kappa shape index (κ1) is 15.7. The normalized spacial score (nSPS) is 16.6. The van der Waals surface area contributed by atoms with E-state index >= 15 is 0 Å². The number of nitrogens with zero attached hydrogens (tertiary/aromatic N) is 2. The summed E-state index contributed by atoms with van der Waals surface area (Å²) in [7, 11) is 0. The van der Waals surface area contributed by atoms with Crippen LogP contribution in [0.15, 0.2) is 12.1 Å². The Kier molecular flexibility index (Phi) is 5.14. The Morgan fingerprint density at radius 1 is 1.33 bits per heavy atom. The predicted molar refractivity (Wildman–Crippen MR) is 83.7 cm³/mol. The van der Waals surface area contributed by atoms with Gasteiger partial charge in [0.05, 0.1) is 4.88 Å². The first-order valence-corrected chi connectivity index (χ1v) is 7.86. The highest BCUT2D eigenvalue weighted by molar-refractivity contribution is 7.15. The van der Waals surface area contributed by atoms with Crippen LogP contribution >= 0.6 is 11.3 Å². The van der Waals surface area contributed by atoms with Crippen molar-refractivity contribution in [2.45, 2.75) is 13.8 Å². The lowest BCUT2D eigenvalue weighted by atomic mass is 10.2. The summed E-state index contributed by atoms with van der Waals surface area (Å²) in [5.74, 6) is -0.930. The molecule has 0 bridgehead atoms. The lowest BCUT2D eigenvalue weighted by Crippen LogP contribution is -2.48. The zero-order chi connectivity index (χ0) is 15.4. The summed E-state index contributed by atoms with van der Waals surface area (Å²) in [5, 5.41) is 8.67. The van der Waals surface area contributed by atoms with Crippen LogP contribution in [0.2, 0.25) is 0 Å². The summed E-state index contributed by atoms with van der Waals surface area (Å²) < 4.78 is 0. The number of hydrogen-bond donors (Lipinski definition) is 1. The molecule has 1 fully saturated rings. The van der Waals surface area contributed by atoms with E-state index in [-0.39, 0.29) is 5.91 Å². The van der Waals surface area contributed by atoms with Gasteiger partial charge in [-0.25, -0.2) is 4.79 Å². The van der Waals surface area contributed by atoms with Crippen LogP contribution < -0.4 is 0 Å². The smallest absolute Gasteiger partial charge is 0.328 e. The highest BCUT2D eigenvalue weighted by Crippen LogP contribution is 2.25. The molecule has 0 aliphatic carbocycles. The van der Waals surface area contributed by atoms with Gasteiger partial charge in [0.15, 0.2) is 0 Å². The molecular weight excluding hydrogens is 288 g/mol. The third kappa shape index (κ3) is 3.92. The van der Waals surface area contributed by atoms with Crippen LogP contribution in [0.1, 0.15) is 27.0 Å². The van der Waals surface area contributed by atoms with Crippen LogP contribution in [0.25, 0.3) is 6.08 Å². The molecule has 1 saturated heterocycles. The molecule has 114 valence electrons. The number of carboxylic acids is 1. The molecule has 1 amide bonds. The second-order valence-corrected chi connectivity index (χ2v) is 6.14. The zero-order valence-electron chi connectivity index (χ0n) is 12.3. The SMILES string of the molecule is CCN1CCN(C(=O)c2cc(C)c(/C=C/C(=O)O)s2)CC1. The van der Waals surface area contributed by atoms with Gasteiger partial charge in [-0.15, -0.1) is 11.3 Å². The Bertz CT molecular complexity index is 557. The van der Waals surface area contributed by atoms with Crippen molar-refractivity contribution in [2.24, 2.45) is 0 Å². The van der Waals surface area contributed by atoms with Gasteiger partial charge in [-0.1, -0.05) is 6.92 Å². The molecule has 21 heavy (non-hydrogen) atoms. The molecule has 0 spiro atoms. The van der Waals surface area contributed by atoms with Gasteiger partial charge < -0.3 is 14.9 Å². The van der Waals surface area contributed by atoms with Crippen molar-refractivity contribution in [1.29, 1.82) is 0 Å². The predicted octanol–water partition coefficient (Wildman–Crippen LogP) is 1.93. The van der Waals surface area contributed by atoms with E-state index in [4.69, 9.17) is 5.11 Å². The number of rotatable bonds is 4. The van der Waals surface area contributed by atoms with Crippen LogP contribution in [-0.2, 0) is 4.79 Å². The van der Waals surface area contributed by atoms with Crippen LogP contribution in [0.3, 0.4) is 0 Å². The maximum absolute atomic E-state index is 12.5. The van der Waals surface area contributed by atoms with Crippen molar-refractivity contribution >= 4 is 29.3 Å². The van der Waals surface area contributed by atoms with E-state index in [1.807, 2.05) is 17.9 Å². The number of aryl methyl sites for hydroxylation is 1. The first-order chi connectivity index (χ1) is 10.0. The van der Waals surface area contributed by atoms with Crippen molar-refractivity contribution in [1.82, 2.24) is 9.80 Å². The van der Waals surface area contributed by atoms with Crippen molar-refractivity contribution in [2.75, 3.05) is 32.7 Å². The monoisotopic (exact) mass is 308 g/mol. The Balaban J connectivity index is 2.06. The molecule has 0 radical (unpaired) electrons. The number of carbonyl (C=O) groups is 2. The first-order valence-electron chi connectivity index (χ1n) is 7.04. The molecule has 0 aromatic carbocycles. The fraction of sp³-hybridized carbons (Fsp3) is 0.467. The lowest BCUT2D eigenvalue weighted by molar-refractivity contribution is -0.131. The Hall–Kier alpha value is -1.66. The van der Waals surface area contributed by atoms with Gasteiger partial charge >= 0.3 is 5.97 Å². The number of thiophene rings is 1. The number of piperazine rings is 1. The number of carbonyl (C=O) groups excluding carboxylic acids is 1. The number of amides is 1. The summed E-state index contributed by atoms with van der Waals surface area (Å²) in [6.07, 6.45) is 2.65. The number of carboxylic acid groups (broad SMARTS) is 1. The standard InChI is InChI=1S/C15H20N2O3S/c1-3-16-6-8-17(9-7-16)15(20)13-10-11(2)12(21-13)4-5-14(18)19/h4-5,10H,3,6-9H2,1-2H3,(H,18,19)/b5-4+. The average molecular weight is 308 g/mol. The van der Waals surface area contributed by atoms with E-state index in [1.54, 1.807) is 6.08 Å². The molecule has 6 heteroatoms. The summed E-state index contributed by atoms with van der Waals surface area (Å²) in [6, 6.07) is 1.85. The van der Waals surface area contributed by atoms with E-state index in [1.165, 1.54) is 11.3 Å². The number of hydrogen-bond acceptors (Lipinski definition) is 4. The van der Waals surface area contributed by atoms with Gasteiger partial charge in [0, 0.05) is 37.1 Å². The second-order valence-electron chi connectivity index (χ2n) is 5.06. The van der Waals surface area contributed by atoms with Gasteiger partial charge in [-0.3, -0.25) is 4.79 Å². The van der Waals surface area contributed by atoms with Crippen LogP contribution in [0, 0.1) is 6.92 Å². The maximum Gasteiger partial charge on any atom is 0.328 e. The molecule has 0 unspecified atom stereocenters. The molecule has 0 saturated carbocycles. The average Bonchev–Trinajstić information content (AvgIpc) is 2.85. The largest absolute Gasteiger partial charge is 0.478 e. The molecule has 1 N–H and O–H groups in total. The minimum Gasteiger partial charge on any atom is -0.478 e. The third-order valence-electron chi connectivity index (χ3n) is 3.65. The van der Waals surface area contributed by atoms with E-state index in [0.29, 0.717) is 4.88 Å². The molecule has 1 aromatic heterocycles. The Labute approximate surface area is 128 Å². The summed E-state index contributed by atoms with van der Waals surface area (Å²) >= 11 is 1.35. The third-order valence-corrected chi connectivity index (χ3v) is 4.84. The van der Waals surface area contributed by atoms with Gasteiger partial charge in [0.25, 0.3) is 5.91 Å². The zero-order valence-corrected chi connectivity index (χ0v) is 13.2. The minimum absolute atomic E-state index is 0.0498. The molecule has 0 atom stereocenters. The Morgan fingerprint density at radius 2 is 2.00 bits per heavy atom. The van der Waals surface area contributed by atoms with Crippen molar-refractivity contribution in [3.05, 3.63) is 27.5 Å². The molecule has 5 nitrogen and oxygen atoms in total. The summed E-state index contributed by atoms with van der Waals surface area (Å²) in [6.45, 7) is 8.37. The topological polar surface area (TPSA) is 60.9 Å². The summed E-state index contributed by atoms with van der Waals surface area (Å²) in [4.78, 5) is 28.8. The van der Waals surface area contributed by atoms with E-state index in [9.17, 15) is 9.59 Å². The Morgan fingerprint density at radius 3 is 2.57 bits per heavy atom. The lowest BCUT2D eigenvalue weighted by Gasteiger charge is -2.33. The highest BCUT2D eigenvalue weighted by atomic mass is 32.1. The molecule has 1 aliphatic rings. The minimum atomic E-state index is -0.980. The number of aliphatic carboxylic acids is 1. The molecule has 1 aliphatic heterocycles. The van der Waals surface area contributed by atoms with Gasteiger partial charge in [0.1, 0.15) is 0 Å². The van der Waals surface area contributed by atoms with Gasteiger partial charge in [-0.05, 0) is 31.2 Å². The molecular formula is C15H20N2O3S. The fourth-order valence-electron chi connectivity index (χ4n) is 2.34. The fourth-order valence-corrected chi connectivity index (χ4v) is 3.38. The molecule has 2 heterocycles. The van der Waals surface area contributed by atoms with Crippen LogP contribution in [-0.4, -0.2) is 59.5 Å². The second kappa shape index (κ2) is 6.87. The maximum atomic E-state index is 12.5. The summed E-state index contributed by atoms with van der Waals surface area (Å²) in [5.41, 5.74) is 0.938. The van der Waals surface area contributed by atoms with Crippen molar-refractivity contribution < 1.29 is 14.7 Å². The number of likely N-dealkylation sites (N-methyl/N-ethyl adjacent to an activating group) is 1. The van der Waals surface area contributed by atoms with Crippen molar-refractivity contribution in [3.8, 4) is 0 Å².